The number of nitrogens with zero attached hydrogens (tertiary/aromatic N) is 1. The lowest BCUT2D eigenvalue weighted by molar-refractivity contribution is 0.102. The number of rotatable bonds is 6. The van der Waals surface area contributed by atoms with Crippen molar-refractivity contribution in [2.24, 2.45) is 0 Å². The van der Waals surface area contributed by atoms with Crippen LogP contribution in [0.25, 0.3) is 11.3 Å². The molecule has 0 unspecified atom stereocenters. The summed E-state index contributed by atoms with van der Waals surface area (Å²) in [7, 11) is -3.88. The Bertz CT molecular complexity index is 1480. The third kappa shape index (κ3) is 4.72. The highest BCUT2D eigenvalue weighted by Gasteiger charge is 2.23. The highest BCUT2D eigenvalue weighted by molar-refractivity contribution is 7.92. The molecule has 1 amide bonds. The number of anilines is 2. The van der Waals surface area contributed by atoms with Crippen LogP contribution in [0.1, 0.15) is 32.8 Å². The Balaban J connectivity index is 1.63. The van der Waals surface area contributed by atoms with Crippen molar-refractivity contribution in [3.8, 4) is 11.3 Å². The van der Waals surface area contributed by atoms with Gasteiger partial charge in [0.15, 0.2) is 0 Å². The quantitative estimate of drug-likeness (QED) is 0.376. The number of benzene rings is 3. The molecule has 4 rings (SSSR count). The molecule has 0 aliphatic carbocycles. The molecular weight excluding hydrogens is 450 g/mol. The normalized spacial score (nSPS) is 11.3. The molecule has 0 saturated carbocycles. The minimum atomic E-state index is -3.88. The van der Waals surface area contributed by atoms with Crippen LogP contribution in [0.4, 0.5) is 11.4 Å². The molecule has 0 aliphatic heterocycles. The van der Waals surface area contributed by atoms with Gasteiger partial charge in [-0.3, -0.25) is 9.52 Å². The van der Waals surface area contributed by atoms with E-state index in [2.05, 4.69) is 15.2 Å². The molecular formula is C26H25N3O4S. The van der Waals surface area contributed by atoms with Gasteiger partial charge in [0.05, 0.1) is 10.6 Å². The van der Waals surface area contributed by atoms with E-state index in [-0.39, 0.29) is 4.90 Å². The van der Waals surface area contributed by atoms with Gasteiger partial charge in [-0.2, -0.15) is 0 Å². The highest BCUT2D eigenvalue weighted by Crippen LogP contribution is 2.28. The molecule has 0 aliphatic rings. The third-order valence-corrected chi connectivity index (χ3v) is 7.01. The van der Waals surface area contributed by atoms with Crippen molar-refractivity contribution in [3.05, 3.63) is 94.7 Å². The van der Waals surface area contributed by atoms with Crippen molar-refractivity contribution in [3.63, 3.8) is 0 Å². The number of aryl methyl sites for hydroxylation is 4. The molecule has 1 heterocycles. The lowest BCUT2D eigenvalue weighted by Crippen LogP contribution is -2.17. The number of hydrogen-bond acceptors (Lipinski definition) is 5. The van der Waals surface area contributed by atoms with Crippen LogP contribution < -0.4 is 10.0 Å². The molecule has 2 N–H and O–H groups in total. The van der Waals surface area contributed by atoms with Crippen LogP contribution in [0.5, 0.6) is 0 Å². The molecule has 0 saturated heterocycles. The zero-order valence-electron chi connectivity index (χ0n) is 19.3. The van der Waals surface area contributed by atoms with Crippen molar-refractivity contribution >= 4 is 27.3 Å². The summed E-state index contributed by atoms with van der Waals surface area (Å²) in [5.41, 5.74) is 4.73. The van der Waals surface area contributed by atoms with Crippen LogP contribution in [0, 0.1) is 27.7 Å². The largest absolute Gasteiger partial charge is 0.360 e. The second kappa shape index (κ2) is 9.15. The van der Waals surface area contributed by atoms with E-state index in [0.717, 1.165) is 16.7 Å². The van der Waals surface area contributed by atoms with Gasteiger partial charge in [0.2, 0.25) is 0 Å². The summed E-state index contributed by atoms with van der Waals surface area (Å²) in [4.78, 5) is 13.2. The first-order valence-corrected chi connectivity index (χ1v) is 12.2. The Labute approximate surface area is 198 Å². The van der Waals surface area contributed by atoms with Crippen LogP contribution in [0.2, 0.25) is 0 Å². The molecule has 7 nitrogen and oxygen atoms in total. The fraction of sp³-hybridized carbons (Fsp3) is 0.154. The Morgan fingerprint density at radius 1 is 0.882 bits per heavy atom. The van der Waals surface area contributed by atoms with E-state index in [9.17, 15) is 13.2 Å². The molecule has 0 radical (unpaired) electrons. The summed E-state index contributed by atoms with van der Waals surface area (Å²) in [5, 5.41) is 6.83. The van der Waals surface area contributed by atoms with Gasteiger partial charge in [0.25, 0.3) is 15.9 Å². The first kappa shape index (κ1) is 23.3. The number of sulfonamides is 1. The Kier molecular flexibility index (Phi) is 6.26. The zero-order chi connectivity index (χ0) is 24.5. The minimum Gasteiger partial charge on any atom is -0.360 e. The van der Waals surface area contributed by atoms with Crippen LogP contribution in [-0.2, 0) is 10.0 Å². The van der Waals surface area contributed by atoms with Crippen molar-refractivity contribution in [2.75, 3.05) is 10.0 Å². The number of carbonyl (C=O) groups is 1. The molecule has 174 valence electrons. The van der Waals surface area contributed by atoms with Gasteiger partial charge in [-0.15, -0.1) is 0 Å². The first-order valence-electron chi connectivity index (χ1n) is 10.7. The average Bonchev–Trinajstić information content (AvgIpc) is 3.19. The molecule has 3 aromatic carbocycles. The monoisotopic (exact) mass is 475 g/mol. The number of carbonyl (C=O) groups excluding carboxylic acids is 1. The maximum Gasteiger partial charge on any atom is 0.262 e. The predicted octanol–water partition coefficient (Wildman–Crippen LogP) is 5.63. The second-order valence-electron chi connectivity index (χ2n) is 8.19. The second-order valence-corrected chi connectivity index (χ2v) is 9.84. The smallest absolute Gasteiger partial charge is 0.262 e. The van der Waals surface area contributed by atoms with Gasteiger partial charge < -0.3 is 9.84 Å². The predicted molar refractivity (Wildman–Crippen MR) is 133 cm³/mol. The van der Waals surface area contributed by atoms with Crippen LogP contribution in [-0.4, -0.2) is 19.5 Å². The number of nitrogens with one attached hydrogen (secondary N) is 2. The van der Waals surface area contributed by atoms with E-state index in [1.54, 1.807) is 32.0 Å². The molecule has 0 fully saturated rings. The van der Waals surface area contributed by atoms with Crippen molar-refractivity contribution in [1.82, 2.24) is 5.16 Å². The first-order chi connectivity index (χ1) is 16.2. The molecule has 0 atom stereocenters. The molecule has 4 aromatic rings. The average molecular weight is 476 g/mol. The van der Waals surface area contributed by atoms with Crippen LogP contribution >= 0.6 is 0 Å². The Morgan fingerprint density at radius 3 is 2.32 bits per heavy atom. The summed E-state index contributed by atoms with van der Waals surface area (Å²) in [6, 6.07) is 19.5. The lowest BCUT2D eigenvalue weighted by atomic mass is 10.1. The SMILES string of the molecule is Cc1ccc(NS(=O)(=O)c2cc(NC(=O)c3c(-c4ccccc4)noc3C)ccc2C)c(C)c1. The maximum atomic E-state index is 13.2. The fourth-order valence-electron chi connectivity index (χ4n) is 3.72. The van der Waals surface area contributed by atoms with Crippen molar-refractivity contribution in [1.29, 1.82) is 0 Å². The molecule has 8 heteroatoms. The molecule has 34 heavy (non-hydrogen) atoms. The summed E-state index contributed by atoms with van der Waals surface area (Å²) >= 11 is 0. The van der Waals surface area contributed by atoms with E-state index in [0.29, 0.717) is 34.0 Å². The van der Waals surface area contributed by atoms with E-state index < -0.39 is 15.9 Å². The Hall–Kier alpha value is -3.91. The Morgan fingerprint density at radius 2 is 1.62 bits per heavy atom. The summed E-state index contributed by atoms with van der Waals surface area (Å²) in [5.74, 6) is -0.0695. The van der Waals surface area contributed by atoms with Gasteiger partial charge in [-0.25, -0.2) is 8.42 Å². The number of aromatic nitrogens is 1. The summed E-state index contributed by atoms with van der Waals surface area (Å²) < 4.78 is 34.3. The van der Waals surface area contributed by atoms with Gasteiger partial charge in [0.1, 0.15) is 17.0 Å². The van der Waals surface area contributed by atoms with Crippen LogP contribution in [0.3, 0.4) is 0 Å². The van der Waals surface area contributed by atoms with Gasteiger partial charge in [-0.1, -0.05) is 59.3 Å². The van der Waals surface area contributed by atoms with Crippen molar-refractivity contribution < 1.29 is 17.7 Å². The third-order valence-electron chi connectivity index (χ3n) is 5.50. The maximum absolute atomic E-state index is 13.2. The van der Waals surface area contributed by atoms with E-state index >= 15 is 0 Å². The van der Waals surface area contributed by atoms with Gasteiger partial charge in [-0.05, 0) is 57.0 Å². The highest BCUT2D eigenvalue weighted by atomic mass is 32.2. The summed E-state index contributed by atoms with van der Waals surface area (Å²) in [6.07, 6.45) is 0. The van der Waals surface area contributed by atoms with E-state index in [4.69, 9.17) is 4.52 Å². The van der Waals surface area contributed by atoms with E-state index in [1.807, 2.05) is 56.3 Å². The van der Waals surface area contributed by atoms with Crippen molar-refractivity contribution in [2.45, 2.75) is 32.6 Å². The molecule has 0 spiro atoms. The lowest BCUT2D eigenvalue weighted by Gasteiger charge is -2.14. The molecule has 0 bridgehead atoms. The topological polar surface area (TPSA) is 101 Å². The van der Waals surface area contributed by atoms with Gasteiger partial charge >= 0.3 is 0 Å². The summed E-state index contributed by atoms with van der Waals surface area (Å²) in [6.45, 7) is 7.16. The number of amides is 1. The number of hydrogen-bond donors (Lipinski definition) is 2. The zero-order valence-corrected chi connectivity index (χ0v) is 20.2. The van der Waals surface area contributed by atoms with Gasteiger partial charge in [0, 0.05) is 11.3 Å². The fourth-order valence-corrected chi connectivity index (χ4v) is 5.12. The standard InChI is InChI=1S/C26H25N3O4S/c1-16-10-13-22(18(3)14-16)29-34(31,32)23-15-21(12-11-17(23)2)27-26(30)24-19(4)33-28-25(24)20-8-6-5-7-9-20/h5-15,29H,1-4H3,(H,27,30). The van der Waals surface area contributed by atoms with E-state index in [1.165, 1.54) is 6.07 Å². The molecule has 1 aromatic heterocycles. The van der Waals surface area contributed by atoms with Crippen LogP contribution in [0.15, 0.2) is 76.1 Å². The minimum absolute atomic E-state index is 0.0793.